The number of hydrogen-bond donors (Lipinski definition) is 0. The van der Waals surface area contributed by atoms with Gasteiger partial charge in [0.25, 0.3) is 0 Å². The van der Waals surface area contributed by atoms with Crippen LogP contribution in [0.25, 0.3) is 17.0 Å². The van der Waals surface area contributed by atoms with Gasteiger partial charge in [-0.15, -0.1) is 5.10 Å². The molecule has 4 aromatic rings. The molecule has 0 fully saturated rings. The molecule has 0 radical (unpaired) electrons. The highest BCUT2D eigenvalue weighted by atomic mass is 16.5. The second-order valence-electron chi connectivity index (χ2n) is 7.58. The van der Waals surface area contributed by atoms with Gasteiger partial charge in [-0.1, -0.05) is 6.07 Å². The third kappa shape index (κ3) is 3.38. The molecule has 1 atom stereocenters. The number of ether oxygens (including phenoxy) is 3. The van der Waals surface area contributed by atoms with Gasteiger partial charge in [0, 0.05) is 23.5 Å². The lowest BCUT2D eigenvalue weighted by atomic mass is 9.81. The number of nitrogens with zero attached hydrogens (tertiary/aromatic N) is 5. The van der Waals surface area contributed by atoms with Crippen LogP contribution in [0.15, 0.2) is 60.4 Å². The van der Waals surface area contributed by atoms with Crippen LogP contribution >= 0.6 is 0 Å². The highest BCUT2D eigenvalue weighted by Gasteiger charge is 2.36. The van der Waals surface area contributed by atoms with E-state index in [4.69, 9.17) is 19.2 Å². The molecule has 4 heterocycles. The van der Waals surface area contributed by atoms with Crippen molar-refractivity contribution in [2.24, 2.45) is 0 Å². The summed E-state index contributed by atoms with van der Waals surface area (Å²) < 4.78 is 18.5. The second-order valence-corrected chi connectivity index (χ2v) is 7.58. The fraction of sp³-hybridized carbons (Fsp3) is 0.208. The minimum atomic E-state index is -0.475. The van der Waals surface area contributed by atoms with Gasteiger partial charge >= 0.3 is 0 Å². The molecule has 33 heavy (non-hydrogen) atoms. The highest BCUT2D eigenvalue weighted by Crippen LogP contribution is 2.45. The summed E-state index contributed by atoms with van der Waals surface area (Å²) in [7, 11) is 3.16. The van der Waals surface area contributed by atoms with E-state index >= 15 is 0 Å². The maximum atomic E-state index is 12.8. The van der Waals surface area contributed by atoms with Gasteiger partial charge in [0.15, 0.2) is 28.8 Å². The highest BCUT2D eigenvalue weighted by molar-refractivity contribution is 5.97. The summed E-state index contributed by atoms with van der Waals surface area (Å²) >= 11 is 0. The Kier molecular flexibility index (Phi) is 5.01. The van der Waals surface area contributed by atoms with E-state index in [2.05, 4.69) is 15.1 Å². The predicted octanol–water partition coefficient (Wildman–Crippen LogP) is 3.59. The number of aromatic nitrogens is 5. The Morgan fingerprint density at radius 1 is 1.09 bits per heavy atom. The Balaban J connectivity index is 1.78. The van der Waals surface area contributed by atoms with Gasteiger partial charge in [0.1, 0.15) is 12.1 Å². The molecule has 0 saturated heterocycles. The zero-order valence-electron chi connectivity index (χ0n) is 18.6. The number of benzene rings is 1. The van der Waals surface area contributed by atoms with E-state index in [0.717, 1.165) is 11.1 Å². The fourth-order valence-electron chi connectivity index (χ4n) is 4.18. The van der Waals surface area contributed by atoms with Crippen LogP contribution < -0.4 is 14.2 Å². The molecule has 5 rings (SSSR count). The number of ketones is 1. The van der Waals surface area contributed by atoms with Crippen LogP contribution in [-0.4, -0.2) is 44.6 Å². The quantitative estimate of drug-likeness (QED) is 0.461. The second kappa shape index (κ2) is 8.01. The van der Waals surface area contributed by atoms with Crippen molar-refractivity contribution in [1.29, 1.82) is 0 Å². The number of pyridine rings is 1. The Bertz CT molecular complexity index is 1410. The van der Waals surface area contributed by atoms with E-state index in [9.17, 15) is 4.79 Å². The zero-order chi connectivity index (χ0) is 23.1. The molecule has 0 unspecified atom stereocenters. The summed E-state index contributed by atoms with van der Waals surface area (Å²) in [6.07, 6.45) is 4.93. The van der Waals surface area contributed by atoms with Gasteiger partial charge < -0.3 is 14.2 Å². The van der Waals surface area contributed by atoms with Gasteiger partial charge in [-0.05, 0) is 43.7 Å². The summed E-state index contributed by atoms with van der Waals surface area (Å²) in [4.78, 5) is 26.1. The van der Waals surface area contributed by atoms with Gasteiger partial charge in [0.05, 0.1) is 25.7 Å². The van der Waals surface area contributed by atoms with E-state index in [0.29, 0.717) is 45.7 Å². The average Bonchev–Trinajstić information content (AvgIpc) is 3.27. The lowest BCUT2D eigenvalue weighted by Crippen LogP contribution is -2.22. The van der Waals surface area contributed by atoms with Gasteiger partial charge in [-0.25, -0.2) is 14.5 Å². The van der Waals surface area contributed by atoms with Gasteiger partial charge in [-0.2, -0.15) is 0 Å². The summed E-state index contributed by atoms with van der Waals surface area (Å²) in [5.41, 5.74) is 3.38. The van der Waals surface area contributed by atoms with E-state index in [1.165, 1.54) is 6.92 Å². The normalized spacial score (nSPS) is 15.2. The lowest BCUT2D eigenvalue weighted by molar-refractivity contribution is -0.114. The van der Waals surface area contributed by atoms with Crippen LogP contribution in [0.4, 0.5) is 0 Å². The Morgan fingerprint density at radius 2 is 1.85 bits per heavy atom. The van der Waals surface area contributed by atoms with Crippen molar-refractivity contribution in [2.75, 3.05) is 14.2 Å². The fourth-order valence-corrected chi connectivity index (χ4v) is 4.18. The van der Waals surface area contributed by atoms with E-state index in [1.807, 2.05) is 30.3 Å². The number of carbonyl (C=O) groups is 1. The van der Waals surface area contributed by atoms with Gasteiger partial charge in [0.2, 0.25) is 5.88 Å². The maximum absolute atomic E-state index is 12.8. The first-order valence-electron chi connectivity index (χ1n) is 10.3. The monoisotopic (exact) mass is 443 g/mol. The molecule has 166 valence electrons. The predicted molar refractivity (Wildman–Crippen MR) is 119 cm³/mol. The van der Waals surface area contributed by atoms with Crippen LogP contribution in [-0.2, 0) is 4.79 Å². The van der Waals surface area contributed by atoms with E-state index in [-0.39, 0.29) is 5.78 Å². The molecular weight excluding hydrogens is 422 g/mol. The van der Waals surface area contributed by atoms with Crippen LogP contribution in [0.2, 0.25) is 0 Å². The summed E-state index contributed by atoms with van der Waals surface area (Å²) in [5.74, 6) is 1.98. The first kappa shape index (κ1) is 20.6. The lowest BCUT2D eigenvalue weighted by Gasteiger charge is -2.28. The maximum Gasteiger partial charge on any atom is 0.228 e. The topological polar surface area (TPSA) is 101 Å². The number of hydrogen-bond acceptors (Lipinski definition) is 8. The molecule has 3 aromatic heterocycles. The van der Waals surface area contributed by atoms with Crippen molar-refractivity contribution >= 4 is 11.4 Å². The van der Waals surface area contributed by atoms with Crippen LogP contribution in [0.3, 0.4) is 0 Å². The third-order valence-electron chi connectivity index (χ3n) is 5.65. The minimum absolute atomic E-state index is 0.103. The third-order valence-corrected chi connectivity index (χ3v) is 5.65. The Hall–Kier alpha value is -4.27. The molecule has 1 aliphatic heterocycles. The molecule has 9 nitrogen and oxygen atoms in total. The summed E-state index contributed by atoms with van der Waals surface area (Å²) in [6, 6.07) is 9.25. The van der Waals surface area contributed by atoms with Crippen molar-refractivity contribution in [1.82, 2.24) is 24.6 Å². The first-order chi connectivity index (χ1) is 16.0. The number of carbonyl (C=O) groups excluding carboxylic acids is 1. The van der Waals surface area contributed by atoms with Crippen molar-refractivity contribution < 1.29 is 19.0 Å². The van der Waals surface area contributed by atoms with Crippen LogP contribution in [0.1, 0.15) is 30.9 Å². The molecule has 0 aliphatic carbocycles. The van der Waals surface area contributed by atoms with Crippen LogP contribution in [0.5, 0.6) is 17.4 Å². The van der Waals surface area contributed by atoms with Crippen molar-refractivity contribution in [2.45, 2.75) is 19.8 Å². The molecule has 0 saturated carbocycles. The van der Waals surface area contributed by atoms with Gasteiger partial charge in [-0.3, -0.25) is 9.78 Å². The molecule has 9 heteroatoms. The van der Waals surface area contributed by atoms with Crippen LogP contribution in [0, 0.1) is 0 Å². The summed E-state index contributed by atoms with van der Waals surface area (Å²) in [6.45, 7) is 3.30. The number of methoxy groups -OCH3 is 2. The van der Waals surface area contributed by atoms with E-state index in [1.54, 1.807) is 44.4 Å². The minimum Gasteiger partial charge on any atom is -0.493 e. The Morgan fingerprint density at radius 3 is 2.55 bits per heavy atom. The zero-order valence-corrected chi connectivity index (χ0v) is 18.6. The number of rotatable bonds is 5. The molecule has 0 N–H and O–H groups in total. The number of Topliss-reactive ketones (excluding diaryl/α,β-unsaturated/α-hetero) is 1. The SMILES string of the molecule is COc1ccc([C@@H]2C(C(C)=O)=C(C)Oc3ncn4nc(-c5ccncc5)nc4c32)cc1OC. The molecule has 0 amide bonds. The standard InChI is InChI=1S/C24H21N5O4/c1-13(30)19-14(2)33-24-21(20(19)16-5-6-17(31-3)18(11-16)32-4)23-27-22(28-29(23)12-26-24)15-7-9-25-10-8-15/h5-12,20H,1-4H3/t20-/m1/s1. The molecule has 0 bridgehead atoms. The van der Waals surface area contributed by atoms with E-state index < -0.39 is 5.92 Å². The number of allylic oxidation sites excluding steroid dienone is 2. The Labute approximate surface area is 189 Å². The molecule has 0 spiro atoms. The number of fused-ring (bicyclic) bond motifs is 3. The first-order valence-corrected chi connectivity index (χ1v) is 10.3. The van der Waals surface area contributed by atoms with Crippen molar-refractivity contribution in [3.05, 3.63) is 71.5 Å². The van der Waals surface area contributed by atoms with Crippen molar-refractivity contribution in [3.8, 4) is 28.8 Å². The average molecular weight is 443 g/mol. The molecule has 1 aliphatic rings. The molecule has 1 aromatic carbocycles. The smallest absolute Gasteiger partial charge is 0.228 e. The molecular formula is C24H21N5O4. The van der Waals surface area contributed by atoms with Crippen molar-refractivity contribution in [3.63, 3.8) is 0 Å². The largest absolute Gasteiger partial charge is 0.493 e. The summed E-state index contributed by atoms with van der Waals surface area (Å²) in [5, 5.41) is 4.58.